The molecule has 0 spiro atoms. The molecular weight excluding hydrogens is 422 g/mol. The maximum atomic E-state index is 12.4. The monoisotopic (exact) mass is 449 g/mol. The average Bonchev–Trinajstić information content (AvgIpc) is 3.15. The van der Waals surface area contributed by atoms with Gasteiger partial charge in [-0.05, 0) is 30.7 Å². The second kappa shape index (κ2) is 10.2. The van der Waals surface area contributed by atoms with Crippen molar-refractivity contribution >= 4 is 33.2 Å². The van der Waals surface area contributed by atoms with Crippen LogP contribution in [0.4, 0.5) is 0 Å². The van der Waals surface area contributed by atoms with Gasteiger partial charge in [0.2, 0.25) is 5.91 Å². The van der Waals surface area contributed by atoms with Crippen molar-refractivity contribution in [3.05, 3.63) is 52.0 Å². The number of aryl methyl sites for hydroxylation is 1. The summed E-state index contributed by atoms with van der Waals surface area (Å²) in [4.78, 5) is 20.7. The van der Waals surface area contributed by atoms with E-state index >= 15 is 0 Å². The maximum absolute atomic E-state index is 12.4. The van der Waals surface area contributed by atoms with E-state index in [0.717, 1.165) is 22.0 Å². The Morgan fingerprint density at radius 2 is 1.90 bits per heavy atom. The van der Waals surface area contributed by atoms with Gasteiger partial charge < -0.3 is 9.64 Å². The summed E-state index contributed by atoms with van der Waals surface area (Å²) in [6.45, 7) is 5.53. The molecule has 162 valence electrons. The van der Waals surface area contributed by atoms with Crippen molar-refractivity contribution in [3.63, 3.8) is 0 Å². The van der Waals surface area contributed by atoms with Crippen LogP contribution in [0.5, 0.6) is 5.75 Å². The normalized spacial score (nSPS) is 15.6. The number of nitrogens with zero attached hydrogens (tertiary/aromatic N) is 3. The van der Waals surface area contributed by atoms with Crippen LogP contribution in [0.3, 0.4) is 0 Å². The lowest BCUT2D eigenvalue weighted by Gasteiger charge is -2.34. The molecule has 1 aromatic carbocycles. The van der Waals surface area contributed by atoms with Gasteiger partial charge in [-0.1, -0.05) is 12.1 Å². The first-order chi connectivity index (χ1) is 14.3. The fourth-order valence-electron chi connectivity index (χ4n) is 3.07. The predicted molar refractivity (Wildman–Crippen MR) is 119 cm³/mol. The smallest absolute Gasteiger partial charge is 0.246 e. The molecule has 2 aromatic rings. The molecule has 1 amide bonds. The molecular formula is C21H27N3O4S2. The number of benzene rings is 1. The molecule has 0 saturated carbocycles. The van der Waals surface area contributed by atoms with Gasteiger partial charge in [-0.15, -0.1) is 11.3 Å². The lowest BCUT2D eigenvalue weighted by molar-refractivity contribution is -0.127. The van der Waals surface area contributed by atoms with Gasteiger partial charge in [-0.25, -0.2) is 13.4 Å². The first kappa shape index (κ1) is 22.5. The molecule has 2 heterocycles. The number of amides is 1. The Morgan fingerprint density at radius 1 is 1.20 bits per heavy atom. The van der Waals surface area contributed by atoms with Gasteiger partial charge >= 0.3 is 0 Å². The topological polar surface area (TPSA) is 79.8 Å². The quantitative estimate of drug-likeness (QED) is 0.575. The summed E-state index contributed by atoms with van der Waals surface area (Å²) in [7, 11) is -2.96. The van der Waals surface area contributed by atoms with Gasteiger partial charge in [0.1, 0.15) is 22.2 Å². The third-order valence-corrected chi connectivity index (χ3v) is 6.56. The molecule has 0 bridgehead atoms. The number of hydrogen-bond donors (Lipinski definition) is 0. The molecule has 7 nitrogen and oxygen atoms in total. The number of rotatable bonds is 8. The van der Waals surface area contributed by atoms with E-state index in [1.54, 1.807) is 28.4 Å². The van der Waals surface area contributed by atoms with Crippen LogP contribution in [-0.4, -0.2) is 73.8 Å². The van der Waals surface area contributed by atoms with E-state index in [4.69, 9.17) is 4.74 Å². The Hall–Kier alpha value is -2.23. The highest BCUT2D eigenvalue weighted by atomic mass is 32.2. The zero-order valence-electron chi connectivity index (χ0n) is 17.3. The van der Waals surface area contributed by atoms with Crippen molar-refractivity contribution in [2.45, 2.75) is 13.5 Å². The minimum atomic E-state index is -2.96. The number of piperazine rings is 1. The highest BCUT2D eigenvalue weighted by molar-refractivity contribution is 7.90. The minimum absolute atomic E-state index is 0.0306. The summed E-state index contributed by atoms with van der Waals surface area (Å²) in [6.07, 6.45) is 4.63. The molecule has 0 radical (unpaired) electrons. The van der Waals surface area contributed by atoms with Crippen LogP contribution in [0.15, 0.2) is 35.7 Å². The summed E-state index contributed by atoms with van der Waals surface area (Å²) in [5, 5.41) is 3.01. The Morgan fingerprint density at radius 3 is 2.50 bits per heavy atom. The molecule has 30 heavy (non-hydrogen) atoms. The number of hydrogen-bond acceptors (Lipinski definition) is 7. The van der Waals surface area contributed by atoms with Crippen molar-refractivity contribution in [2.75, 3.05) is 44.7 Å². The van der Waals surface area contributed by atoms with E-state index in [1.807, 2.05) is 36.6 Å². The third kappa shape index (κ3) is 7.23. The molecule has 9 heteroatoms. The van der Waals surface area contributed by atoms with Crippen molar-refractivity contribution in [2.24, 2.45) is 0 Å². The first-order valence-electron chi connectivity index (χ1n) is 9.79. The molecule has 0 aliphatic carbocycles. The Balaban J connectivity index is 1.43. The number of carbonyl (C=O) groups is 1. The van der Waals surface area contributed by atoms with Gasteiger partial charge in [-0.3, -0.25) is 9.69 Å². The molecule has 0 atom stereocenters. The fraction of sp³-hybridized carbons (Fsp3) is 0.429. The summed E-state index contributed by atoms with van der Waals surface area (Å²) >= 11 is 1.60. The number of aromatic nitrogens is 1. The van der Waals surface area contributed by atoms with E-state index in [1.165, 1.54) is 6.26 Å². The van der Waals surface area contributed by atoms with Crippen LogP contribution in [0, 0.1) is 6.92 Å². The summed E-state index contributed by atoms with van der Waals surface area (Å²) in [5.74, 6) is 0.885. The Labute approximate surface area is 181 Å². The van der Waals surface area contributed by atoms with Gasteiger partial charge in [0.15, 0.2) is 0 Å². The van der Waals surface area contributed by atoms with Crippen LogP contribution in [0.2, 0.25) is 0 Å². The predicted octanol–water partition coefficient (Wildman–Crippen LogP) is 2.23. The summed E-state index contributed by atoms with van der Waals surface area (Å²) in [6, 6.07) is 7.58. The maximum Gasteiger partial charge on any atom is 0.246 e. The molecule has 0 N–H and O–H groups in total. The summed E-state index contributed by atoms with van der Waals surface area (Å²) < 4.78 is 28.3. The van der Waals surface area contributed by atoms with Gasteiger partial charge in [0.25, 0.3) is 0 Å². The second-order valence-electron chi connectivity index (χ2n) is 7.35. The van der Waals surface area contributed by atoms with Crippen molar-refractivity contribution in [1.82, 2.24) is 14.8 Å². The SMILES string of the molecule is Cc1nc(COc2ccc(/C=C/C(=O)N3CCN(CCS(C)(=O)=O)CC3)cc2)cs1. The van der Waals surface area contributed by atoms with Crippen molar-refractivity contribution in [3.8, 4) is 5.75 Å². The van der Waals surface area contributed by atoms with Crippen LogP contribution in [-0.2, 0) is 21.2 Å². The molecule has 1 fully saturated rings. The van der Waals surface area contributed by atoms with Crippen molar-refractivity contribution in [1.29, 1.82) is 0 Å². The number of ether oxygens (including phenoxy) is 1. The molecule has 1 aromatic heterocycles. The number of carbonyl (C=O) groups excluding carboxylic acids is 1. The van der Waals surface area contributed by atoms with E-state index < -0.39 is 9.84 Å². The van der Waals surface area contributed by atoms with Gasteiger partial charge in [0, 0.05) is 50.4 Å². The highest BCUT2D eigenvalue weighted by Gasteiger charge is 2.20. The third-order valence-electron chi connectivity index (χ3n) is 4.81. The van der Waals surface area contributed by atoms with E-state index in [9.17, 15) is 13.2 Å². The Kier molecular flexibility index (Phi) is 7.63. The Bertz CT molecular complexity index is 976. The zero-order valence-corrected chi connectivity index (χ0v) is 18.9. The number of thiazole rings is 1. The summed E-state index contributed by atoms with van der Waals surface area (Å²) in [5.41, 5.74) is 1.84. The van der Waals surface area contributed by atoms with E-state index in [2.05, 4.69) is 9.88 Å². The fourth-order valence-corrected chi connectivity index (χ4v) is 4.25. The lowest BCUT2D eigenvalue weighted by Crippen LogP contribution is -2.49. The second-order valence-corrected chi connectivity index (χ2v) is 10.7. The van der Waals surface area contributed by atoms with Crippen LogP contribution < -0.4 is 4.74 Å². The molecule has 1 saturated heterocycles. The molecule has 1 aliphatic rings. The van der Waals surface area contributed by atoms with E-state index in [-0.39, 0.29) is 11.7 Å². The standard InChI is InChI=1S/C21H27N3O4S2/c1-17-22-19(16-29-17)15-28-20-6-3-18(4-7-20)5-8-21(25)24-11-9-23(10-12-24)13-14-30(2,26)27/h3-8,16H,9-15H2,1-2H3/b8-5+. The molecule has 0 unspecified atom stereocenters. The lowest BCUT2D eigenvalue weighted by atomic mass is 10.2. The van der Waals surface area contributed by atoms with Crippen LogP contribution >= 0.6 is 11.3 Å². The van der Waals surface area contributed by atoms with Gasteiger partial charge in [-0.2, -0.15) is 0 Å². The molecule has 3 rings (SSSR count). The first-order valence-corrected chi connectivity index (χ1v) is 12.7. The zero-order chi connectivity index (χ0) is 21.6. The largest absolute Gasteiger partial charge is 0.487 e. The highest BCUT2D eigenvalue weighted by Crippen LogP contribution is 2.16. The number of sulfone groups is 1. The minimum Gasteiger partial charge on any atom is -0.487 e. The molecule has 1 aliphatic heterocycles. The van der Waals surface area contributed by atoms with Crippen LogP contribution in [0.25, 0.3) is 6.08 Å². The average molecular weight is 450 g/mol. The van der Waals surface area contributed by atoms with E-state index in [0.29, 0.717) is 39.3 Å². The van der Waals surface area contributed by atoms with Gasteiger partial charge in [0.05, 0.1) is 16.5 Å². The van der Waals surface area contributed by atoms with Crippen LogP contribution in [0.1, 0.15) is 16.3 Å². The van der Waals surface area contributed by atoms with Crippen molar-refractivity contribution < 1.29 is 17.9 Å².